The minimum Gasteiger partial charge on any atom is -0.345 e. The second-order valence-electron chi connectivity index (χ2n) is 6.04. The van der Waals surface area contributed by atoms with Gasteiger partial charge in [0.15, 0.2) is 5.75 Å². The van der Waals surface area contributed by atoms with Crippen molar-refractivity contribution in [1.29, 1.82) is 0 Å². The Balaban J connectivity index is 2.17. The number of benzene rings is 2. The summed E-state index contributed by atoms with van der Waals surface area (Å²) in [6, 6.07) is 16.6. The van der Waals surface area contributed by atoms with Gasteiger partial charge >= 0.3 is 0 Å². The minimum atomic E-state index is -1.56. The fourth-order valence-corrected chi connectivity index (χ4v) is 6.97. The van der Waals surface area contributed by atoms with Crippen LogP contribution in [0, 0.1) is 0 Å². The molecule has 23 heavy (non-hydrogen) atoms. The molecular formula is C20H23ClOP+. The molecule has 0 spiro atoms. The van der Waals surface area contributed by atoms with Gasteiger partial charge in [-0.05, 0) is 36.6 Å². The lowest BCUT2D eigenvalue weighted by atomic mass is 9.99. The van der Waals surface area contributed by atoms with Crippen molar-refractivity contribution in [2.24, 2.45) is 0 Å². The van der Waals surface area contributed by atoms with Gasteiger partial charge in [-0.2, -0.15) is 0 Å². The molecule has 0 aliphatic carbocycles. The fourth-order valence-electron chi connectivity index (χ4n) is 3.26. The maximum atomic E-state index is 6.58. The zero-order valence-corrected chi connectivity index (χ0v) is 15.4. The molecular weight excluding hydrogens is 323 g/mol. The second kappa shape index (κ2) is 7.07. The van der Waals surface area contributed by atoms with Gasteiger partial charge in [0.25, 0.3) is 0 Å². The van der Waals surface area contributed by atoms with E-state index in [2.05, 4.69) is 50.0 Å². The Morgan fingerprint density at radius 3 is 2.30 bits per heavy atom. The monoisotopic (exact) mass is 345 g/mol. The summed E-state index contributed by atoms with van der Waals surface area (Å²) in [6.07, 6.45) is 4.57. The summed E-state index contributed by atoms with van der Waals surface area (Å²) in [4.78, 5) is 0. The Labute approximate surface area is 144 Å². The average molecular weight is 346 g/mol. The molecule has 120 valence electrons. The summed E-state index contributed by atoms with van der Waals surface area (Å²) in [7, 11) is -1.56. The number of halogens is 1. The van der Waals surface area contributed by atoms with E-state index in [0.29, 0.717) is 0 Å². The van der Waals surface area contributed by atoms with Crippen molar-refractivity contribution in [3.05, 3.63) is 70.5 Å². The molecule has 0 saturated heterocycles. The molecule has 0 fully saturated rings. The quantitative estimate of drug-likeness (QED) is 0.537. The van der Waals surface area contributed by atoms with Crippen LogP contribution in [0.4, 0.5) is 0 Å². The van der Waals surface area contributed by atoms with Gasteiger partial charge in [0.1, 0.15) is 5.82 Å². The van der Waals surface area contributed by atoms with Crippen LogP contribution in [0.15, 0.2) is 54.3 Å². The van der Waals surface area contributed by atoms with Gasteiger partial charge in [0, 0.05) is 16.2 Å². The predicted octanol–water partition coefficient (Wildman–Crippen LogP) is 6.87. The molecule has 1 heterocycles. The first-order valence-corrected chi connectivity index (χ1v) is 10.8. The molecule has 1 aliphatic heterocycles. The maximum absolute atomic E-state index is 6.58. The fraction of sp³-hybridized carbons (Fsp3) is 0.300. The van der Waals surface area contributed by atoms with E-state index >= 15 is 0 Å². The molecule has 0 bridgehead atoms. The van der Waals surface area contributed by atoms with Crippen molar-refractivity contribution in [1.82, 2.24) is 0 Å². The van der Waals surface area contributed by atoms with Crippen LogP contribution in [0.5, 0.6) is 5.75 Å². The van der Waals surface area contributed by atoms with Crippen LogP contribution in [0.2, 0.25) is 5.02 Å². The zero-order chi connectivity index (χ0) is 16.3. The summed E-state index contributed by atoms with van der Waals surface area (Å²) in [5.74, 6) is 3.43. The number of hydrogen-bond acceptors (Lipinski definition) is 1. The van der Waals surface area contributed by atoms with E-state index < -0.39 is 7.49 Å². The highest BCUT2D eigenvalue weighted by molar-refractivity contribution is 7.75. The lowest BCUT2D eigenvalue weighted by Crippen LogP contribution is -2.13. The van der Waals surface area contributed by atoms with E-state index in [1.807, 2.05) is 18.2 Å². The maximum Gasteiger partial charge on any atom is 0.216 e. The van der Waals surface area contributed by atoms with Crippen molar-refractivity contribution in [2.45, 2.75) is 26.7 Å². The molecule has 2 aromatic carbocycles. The van der Waals surface area contributed by atoms with Gasteiger partial charge < -0.3 is 4.52 Å². The zero-order valence-electron chi connectivity index (χ0n) is 13.8. The summed E-state index contributed by atoms with van der Waals surface area (Å²) in [5.41, 5.74) is 3.65. The van der Waals surface area contributed by atoms with Crippen LogP contribution < -0.4 is 4.52 Å². The van der Waals surface area contributed by atoms with Gasteiger partial charge in [-0.1, -0.05) is 55.8 Å². The smallest absolute Gasteiger partial charge is 0.216 e. The van der Waals surface area contributed by atoms with Crippen molar-refractivity contribution in [3.8, 4) is 5.75 Å². The minimum absolute atomic E-state index is 0.756. The van der Waals surface area contributed by atoms with Crippen molar-refractivity contribution < 1.29 is 4.52 Å². The van der Waals surface area contributed by atoms with Crippen molar-refractivity contribution in [3.63, 3.8) is 0 Å². The first-order valence-electron chi connectivity index (χ1n) is 8.32. The Hall–Kier alpha value is -1.30. The molecule has 0 aromatic heterocycles. The largest absolute Gasteiger partial charge is 0.345 e. The van der Waals surface area contributed by atoms with Crippen LogP contribution in [0.1, 0.15) is 37.8 Å². The highest BCUT2D eigenvalue weighted by Crippen LogP contribution is 2.66. The normalized spacial score (nSPS) is 15.5. The number of fused-ring (bicyclic) bond motifs is 1. The van der Waals surface area contributed by atoms with E-state index in [4.69, 9.17) is 16.1 Å². The van der Waals surface area contributed by atoms with Crippen LogP contribution in [-0.4, -0.2) is 12.3 Å². The van der Waals surface area contributed by atoms with Gasteiger partial charge in [-0.3, -0.25) is 0 Å². The summed E-state index contributed by atoms with van der Waals surface area (Å²) in [5, 5.41) is 0.756. The third-order valence-corrected chi connectivity index (χ3v) is 8.10. The summed E-state index contributed by atoms with van der Waals surface area (Å²) in [6.45, 7) is 4.49. The van der Waals surface area contributed by atoms with Crippen LogP contribution in [0.3, 0.4) is 0 Å². The Morgan fingerprint density at radius 1 is 0.957 bits per heavy atom. The molecule has 0 atom stereocenters. The van der Waals surface area contributed by atoms with E-state index in [-0.39, 0.29) is 0 Å². The van der Waals surface area contributed by atoms with Crippen molar-refractivity contribution >= 4 is 24.7 Å². The van der Waals surface area contributed by atoms with Crippen LogP contribution in [0.25, 0.3) is 5.57 Å². The summed E-state index contributed by atoms with van der Waals surface area (Å²) < 4.78 is 6.58. The number of rotatable bonds is 5. The first-order chi connectivity index (χ1) is 11.2. The second-order valence-corrected chi connectivity index (χ2v) is 9.72. The molecule has 0 radical (unpaired) electrons. The average Bonchev–Trinajstić information content (AvgIpc) is 2.56. The molecule has 3 heteroatoms. The highest BCUT2D eigenvalue weighted by atomic mass is 35.5. The van der Waals surface area contributed by atoms with Crippen molar-refractivity contribution in [2.75, 3.05) is 12.3 Å². The molecule has 0 saturated carbocycles. The van der Waals surface area contributed by atoms with E-state index in [0.717, 1.165) is 41.5 Å². The van der Waals surface area contributed by atoms with Gasteiger partial charge in [0.2, 0.25) is 7.49 Å². The molecule has 3 rings (SSSR count). The highest BCUT2D eigenvalue weighted by Gasteiger charge is 2.42. The van der Waals surface area contributed by atoms with E-state index in [1.165, 1.54) is 11.1 Å². The molecule has 0 amide bonds. The third kappa shape index (κ3) is 3.47. The van der Waals surface area contributed by atoms with Crippen LogP contribution >= 0.6 is 19.1 Å². The molecule has 0 unspecified atom stereocenters. The first kappa shape index (κ1) is 16.6. The lowest BCUT2D eigenvalue weighted by Gasteiger charge is -2.29. The number of hydrogen-bond donors (Lipinski definition) is 0. The van der Waals surface area contributed by atoms with Gasteiger partial charge in [0.05, 0.1) is 12.3 Å². The van der Waals surface area contributed by atoms with Gasteiger partial charge in [-0.15, -0.1) is 0 Å². The SMILES string of the molecule is CCC[P+]1(CCC)C=C(c2ccccc2)c2cc(Cl)ccc2O1. The topological polar surface area (TPSA) is 9.23 Å². The molecule has 1 aliphatic rings. The molecule has 1 nitrogen and oxygen atoms in total. The molecule has 2 aromatic rings. The Morgan fingerprint density at radius 2 is 1.65 bits per heavy atom. The van der Waals surface area contributed by atoms with E-state index in [9.17, 15) is 0 Å². The molecule has 0 N–H and O–H groups in total. The van der Waals surface area contributed by atoms with E-state index in [1.54, 1.807) is 0 Å². The Kier molecular flexibility index (Phi) is 5.09. The Bertz CT molecular complexity index is 703. The lowest BCUT2D eigenvalue weighted by molar-refractivity contribution is 0.590. The van der Waals surface area contributed by atoms with Crippen LogP contribution in [-0.2, 0) is 0 Å². The predicted molar refractivity (Wildman–Crippen MR) is 103 cm³/mol. The summed E-state index contributed by atoms with van der Waals surface area (Å²) >= 11 is 6.25. The van der Waals surface area contributed by atoms with Gasteiger partial charge in [-0.25, -0.2) is 0 Å². The standard InChI is InChI=1S/C20H23ClOP/c1-3-12-23(13-4-2)15-19(16-8-6-5-7-9-16)18-14-17(21)10-11-20(18)22-23/h5-11,14-15H,3-4,12-13H2,1-2H3/q+1. The third-order valence-electron chi connectivity index (χ3n) is 4.17.